The normalized spacial score (nSPS) is 15.3. The second-order valence-electron chi connectivity index (χ2n) is 8.35. The minimum Gasteiger partial charge on any atom is -0.490 e. The molecule has 2 heterocycles. The quantitative estimate of drug-likeness (QED) is 0.324. The Kier molecular flexibility index (Phi) is 8.38. The SMILES string of the molecule is CCOC(=O)C1=C(C)N=c2sc(=Cc3ccc(OC(C)=O)c(OCC)c3)c(=O)n2[C@@H]1/C=C\c1ccccc1. The Balaban J connectivity index is 1.83. The first kappa shape index (κ1) is 26.8. The van der Waals surface area contributed by atoms with Gasteiger partial charge in [0.05, 0.1) is 35.1 Å². The van der Waals surface area contributed by atoms with Crippen LogP contribution in [0.2, 0.25) is 0 Å². The fourth-order valence-electron chi connectivity index (χ4n) is 4.06. The summed E-state index contributed by atoms with van der Waals surface area (Å²) in [7, 11) is 0. The van der Waals surface area contributed by atoms with Gasteiger partial charge in [-0.15, -0.1) is 0 Å². The number of ether oxygens (including phenoxy) is 3. The van der Waals surface area contributed by atoms with E-state index in [1.807, 2.05) is 49.4 Å². The van der Waals surface area contributed by atoms with Crippen LogP contribution in [0.15, 0.2) is 75.7 Å². The van der Waals surface area contributed by atoms with Crippen molar-refractivity contribution in [2.45, 2.75) is 33.7 Å². The lowest BCUT2D eigenvalue weighted by Gasteiger charge is -2.21. The number of hydrogen-bond acceptors (Lipinski definition) is 8. The van der Waals surface area contributed by atoms with Gasteiger partial charge in [-0.1, -0.05) is 59.9 Å². The van der Waals surface area contributed by atoms with Crippen molar-refractivity contribution in [3.05, 3.63) is 96.7 Å². The molecule has 9 heteroatoms. The van der Waals surface area contributed by atoms with Gasteiger partial charge in [-0.3, -0.25) is 14.2 Å². The third kappa shape index (κ3) is 5.84. The summed E-state index contributed by atoms with van der Waals surface area (Å²) < 4.78 is 18.1. The molecule has 0 spiro atoms. The van der Waals surface area contributed by atoms with Crippen LogP contribution in [0.5, 0.6) is 11.5 Å². The molecule has 1 aromatic heterocycles. The lowest BCUT2D eigenvalue weighted by molar-refractivity contribution is -0.139. The molecule has 0 fully saturated rings. The van der Waals surface area contributed by atoms with Crippen LogP contribution in [0.1, 0.15) is 44.9 Å². The smallest absolute Gasteiger partial charge is 0.338 e. The van der Waals surface area contributed by atoms with Gasteiger partial charge in [-0.2, -0.15) is 0 Å². The van der Waals surface area contributed by atoms with Crippen LogP contribution in [0, 0.1) is 0 Å². The minimum atomic E-state index is -0.682. The summed E-state index contributed by atoms with van der Waals surface area (Å²) in [6.07, 6.45) is 5.43. The van der Waals surface area contributed by atoms with Crippen LogP contribution in [-0.2, 0) is 14.3 Å². The zero-order chi connectivity index (χ0) is 27.2. The summed E-state index contributed by atoms with van der Waals surface area (Å²) >= 11 is 1.23. The Labute approximate surface area is 223 Å². The number of esters is 2. The van der Waals surface area contributed by atoms with Gasteiger partial charge in [-0.05, 0) is 50.1 Å². The van der Waals surface area contributed by atoms with Gasteiger partial charge in [0.25, 0.3) is 5.56 Å². The van der Waals surface area contributed by atoms with Crippen LogP contribution >= 0.6 is 11.3 Å². The van der Waals surface area contributed by atoms with Gasteiger partial charge < -0.3 is 14.2 Å². The number of carbonyl (C=O) groups excluding carboxylic acids is 2. The maximum absolute atomic E-state index is 13.7. The monoisotopic (exact) mass is 532 g/mol. The summed E-state index contributed by atoms with van der Waals surface area (Å²) in [5.74, 6) is -0.261. The molecule has 1 atom stereocenters. The molecule has 0 bridgehead atoms. The molecule has 196 valence electrons. The Morgan fingerprint density at radius 2 is 1.82 bits per heavy atom. The highest BCUT2D eigenvalue weighted by Gasteiger charge is 2.30. The molecule has 2 aromatic carbocycles. The summed E-state index contributed by atoms with van der Waals surface area (Å²) in [4.78, 5) is 43.1. The Hall–Kier alpha value is -4.24. The number of rotatable bonds is 8. The molecule has 0 saturated heterocycles. The molecule has 1 aliphatic rings. The van der Waals surface area contributed by atoms with E-state index < -0.39 is 18.0 Å². The summed E-state index contributed by atoms with van der Waals surface area (Å²) in [6, 6.07) is 14.0. The molecule has 0 radical (unpaired) electrons. The Bertz CT molecular complexity index is 1600. The first-order valence-corrected chi connectivity index (χ1v) is 13.0. The van der Waals surface area contributed by atoms with Crippen molar-refractivity contribution in [2.75, 3.05) is 13.2 Å². The number of carbonyl (C=O) groups is 2. The maximum atomic E-state index is 13.7. The van der Waals surface area contributed by atoms with Crippen LogP contribution < -0.4 is 24.4 Å². The fourth-order valence-corrected chi connectivity index (χ4v) is 5.11. The molecule has 8 nitrogen and oxygen atoms in total. The van der Waals surface area contributed by atoms with Gasteiger partial charge in [0.15, 0.2) is 16.3 Å². The van der Waals surface area contributed by atoms with E-state index in [9.17, 15) is 14.4 Å². The molecule has 0 saturated carbocycles. The molecule has 0 amide bonds. The average molecular weight is 533 g/mol. The molecule has 0 N–H and O–H groups in total. The third-order valence-corrected chi connectivity index (χ3v) is 6.63. The highest BCUT2D eigenvalue weighted by Crippen LogP contribution is 2.29. The lowest BCUT2D eigenvalue weighted by atomic mass is 10.0. The van der Waals surface area contributed by atoms with E-state index in [2.05, 4.69) is 4.99 Å². The first-order chi connectivity index (χ1) is 18.3. The zero-order valence-corrected chi connectivity index (χ0v) is 22.4. The number of hydrogen-bond donors (Lipinski definition) is 0. The zero-order valence-electron chi connectivity index (χ0n) is 21.6. The van der Waals surface area contributed by atoms with E-state index >= 15 is 0 Å². The van der Waals surface area contributed by atoms with Gasteiger partial charge in [0.2, 0.25) is 0 Å². The molecular weight excluding hydrogens is 504 g/mol. The first-order valence-electron chi connectivity index (χ1n) is 12.2. The third-order valence-electron chi connectivity index (χ3n) is 5.65. The van der Waals surface area contributed by atoms with Crippen molar-refractivity contribution < 1.29 is 23.8 Å². The maximum Gasteiger partial charge on any atom is 0.338 e. The van der Waals surface area contributed by atoms with Gasteiger partial charge in [-0.25, -0.2) is 9.79 Å². The van der Waals surface area contributed by atoms with E-state index in [0.717, 1.165) is 5.56 Å². The van der Waals surface area contributed by atoms with E-state index in [0.29, 0.717) is 44.3 Å². The lowest BCUT2D eigenvalue weighted by Crippen LogP contribution is -2.38. The number of aromatic nitrogens is 1. The van der Waals surface area contributed by atoms with E-state index in [-0.39, 0.29) is 12.2 Å². The molecule has 4 rings (SSSR count). The topological polar surface area (TPSA) is 96.2 Å². The summed E-state index contributed by atoms with van der Waals surface area (Å²) in [5.41, 5.74) is 2.16. The fraction of sp³-hybridized carbons (Fsp3) is 0.241. The standard InChI is InChI=1S/C29H28N2O6S/c1-5-35-24-16-21(13-15-23(24)37-19(4)32)17-25-27(33)31-22(14-12-20-10-8-7-9-11-20)26(28(34)36-6-2)18(3)30-29(31)38-25/h7-17,22H,5-6H2,1-4H3/b14-12-,25-17?/t22-/m1/s1. The van der Waals surface area contributed by atoms with Gasteiger partial charge >= 0.3 is 11.9 Å². The highest BCUT2D eigenvalue weighted by atomic mass is 32.1. The van der Waals surface area contributed by atoms with Crippen LogP contribution in [0.4, 0.5) is 0 Å². The molecule has 1 aliphatic heterocycles. The Morgan fingerprint density at radius 1 is 1.05 bits per heavy atom. The molecule has 0 unspecified atom stereocenters. The predicted octanol–water partition coefficient (Wildman–Crippen LogP) is 3.79. The molecular formula is C29H28N2O6S. The number of nitrogens with zero attached hydrogens (tertiary/aromatic N) is 2. The molecule has 0 aliphatic carbocycles. The van der Waals surface area contributed by atoms with Crippen molar-refractivity contribution in [3.8, 4) is 11.5 Å². The summed E-state index contributed by atoms with van der Waals surface area (Å²) in [6.45, 7) is 7.22. The van der Waals surface area contributed by atoms with Crippen molar-refractivity contribution in [1.29, 1.82) is 0 Å². The van der Waals surface area contributed by atoms with Crippen molar-refractivity contribution in [1.82, 2.24) is 4.57 Å². The van der Waals surface area contributed by atoms with Crippen LogP contribution in [0.3, 0.4) is 0 Å². The second kappa shape index (κ2) is 11.9. The van der Waals surface area contributed by atoms with Crippen LogP contribution in [-0.4, -0.2) is 29.7 Å². The number of fused-ring (bicyclic) bond motifs is 1. The van der Waals surface area contributed by atoms with Gasteiger partial charge in [0, 0.05) is 6.92 Å². The Morgan fingerprint density at radius 3 is 2.50 bits per heavy atom. The van der Waals surface area contributed by atoms with E-state index in [1.165, 1.54) is 22.8 Å². The van der Waals surface area contributed by atoms with Crippen molar-refractivity contribution in [2.24, 2.45) is 4.99 Å². The van der Waals surface area contributed by atoms with Crippen LogP contribution in [0.25, 0.3) is 12.2 Å². The molecule has 3 aromatic rings. The summed E-state index contributed by atoms with van der Waals surface area (Å²) in [5, 5.41) is 0. The minimum absolute atomic E-state index is 0.209. The van der Waals surface area contributed by atoms with Gasteiger partial charge in [0.1, 0.15) is 0 Å². The number of benzene rings is 2. The van der Waals surface area contributed by atoms with E-state index in [4.69, 9.17) is 14.2 Å². The highest BCUT2D eigenvalue weighted by molar-refractivity contribution is 7.07. The second-order valence-corrected chi connectivity index (χ2v) is 9.36. The largest absolute Gasteiger partial charge is 0.490 e. The van der Waals surface area contributed by atoms with E-state index in [1.54, 1.807) is 38.1 Å². The number of thiazole rings is 1. The average Bonchev–Trinajstić information content (AvgIpc) is 3.18. The predicted molar refractivity (Wildman–Crippen MR) is 146 cm³/mol. The van der Waals surface area contributed by atoms with Crippen molar-refractivity contribution in [3.63, 3.8) is 0 Å². The molecule has 38 heavy (non-hydrogen) atoms. The van der Waals surface area contributed by atoms with Crippen molar-refractivity contribution >= 4 is 35.4 Å². The number of allylic oxidation sites excluding steroid dienone is 2.